The largest absolute Gasteiger partial charge is 0.550 e. The zero-order valence-electron chi connectivity index (χ0n) is 25.8. The molecule has 0 aromatic carbocycles. The van der Waals surface area contributed by atoms with E-state index in [9.17, 15) is 4.79 Å². The van der Waals surface area contributed by atoms with E-state index >= 15 is 0 Å². The Labute approximate surface area is 227 Å². The maximum atomic E-state index is 13.7. The second-order valence-corrected chi connectivity index (χ2v) is 19.4. The van der Waals surface area contributed by atoms with E-state index in [0.717, 1.165) is 18.4 Å². The van der Waals surface area contributed by atoms with Gasteiger partial charge in [0.1, 0.15) is 5.60 Å². The molecule has 0 aromatic heterocycles. The second-order valence-electron chi connectivity index (χ2n) is 14.7. The summed E-state index contributed by atoms with van der Waals surface area (Å²) >= 11 is 0. The van der Waals surface area contributed by atoms with Crippen molar-refractivity contribution in [3.8, 4) is 0 Å². The van der Waals surface area contributed by atoms with Crippen LogP contribution in [0.3, 0.4) is 0 Å². The van der Waals surface area contributed by atoms with Crippen LogP contribution in [0.15, 0.2) is 24.0 Å². The molecule has 2 aliphatic rings. The summed E-state index contributed by atoms with van der Waals surface area (Å²) in [6.07, 6.45) is 9.07. The summed E-state index contributed by atoms with van der Waals surface area (Å²) in [7, 11) is -2.80. The number of ketones is 1. The summed E-state index contributed by atoms with van der Waals surface area (Å²) in [6.45, 7) is 32.0. The number of rotatable bonds is 11. The van der Waals surface area contributed by atoms with Gasteiger partial charge in [0.2, 0.25) is 9.04 Å². The average Bonchev–Trinajstić information content (AvgIpc) is 3.14. The van der Waals surface area contributed by atoms with E-state index in [1.165, 1.54) is 31.4 Å². The first-order valence-corrected chi connectivity index (χ1v) is 20.3. The molecule has 36 heavy (non-hydrogen) atoms. The first kappa shape index (κ1) is 31.6. The van der Waals surface area contributed by atoms with Crippen LogP contribution in [0.4, 0.5) is 0 Å². The van der Waals surface area contributed by atoms with E-state index in [-0.39, 0.29) is 28.4 Å². The van der Waals surface area contributed by atoms with Gasteiger partial charge < -0.3 is 8.85 Å². The molecule has 5 heteroatoms. The predicted molar refractivity (Wildman–Crippen MR) is 160 cm³/mol. The molecule has 2 fully saturated rings. The smallest absolute Gasteiger partial charge is 0.229 e. The van der Waals surface area contributed by atoms with Gasteiger partial charge in [0.15, 0.2) is 14.8 Å². The molecular weight excluding hydrogens is 477 g/mol. The van der Waals surface area contributed by atoms with Crippen LogP contribution in [-0.2, 0) is 13.6 Å². The highest BCUT2D eigenvalue weighted by Gasteiger charge is 2.65. The Hall–Kier alpha value is -0.656. The van der Waals surface area contributed by atoms with Crippen LogP contribution in [-0.4, -0.2) is 29.5 Å². The maximum absolute atomic E-state index is 13.7. The average molecular weight is 535 g/mol. The molecule has 2 rings (SSSR count). The fourth-order valence-corrected chi connectivity index (χ4v) is 8.71. The highest BCUT2D eigenvalue weighted by molar-refractivity contribution is 6.49. The molecule has 3 nitrogen and oxygen atoms in total. The Balaban J connectivity index is 2.64. The van der Waals surface area contributed by atoms with Crippen LogP contribution in [0.2, 0.25) is 26.2 Å². The molecule has 0 aromatic rings. The fourth-order valence-electron chi connectivity index (χ4n) is 6.71. The molecule has 0 amide bonds. The third-order valence-electron chi connectivity index (χ3n) is 8.60. The molecule has 0 spiro atoms. The SMILES string of the molecule is C=C1C[C@H]2[C@@H](C(=C[C@H](C[C@@H](C)CCCC)C(C)(C)C)O[SiH](C)C)[C@H](C(C)(C)C)C[C@@]2(O[SiH](C)C)C1=O. The second kappa shape index (κ2) is 12.0. The van der Waals surface area contributed by atoms with Crippen molar-refractivity contribution in [1.82, 2.24) is 0 Å². The molecule has 6 atom stereocenters. The molecule has 2 saturated carbocycles. The number of fused-ring (bicyclic) bond motifs is 1. The van der Waals surface area contributed by atoms with Crippen LogP contribution in [0.5, 0.6) is 0 Å². The number of carbonyl (C=O) groups excluding carboxylic acids is 1. The highest BCUT2D eigenvalue weighted by atomic mass is 28.3. The van der Waals surface area contributed by atoms with E-state index in [2.05, 4.69) is 94.2 Å². The number of hydrogen-bond donors (Lipinski definition) is 0. The van der Waals surface area contributed by atoms with E-state index in [0.29, 0.717) is 17.8 Å². The summed E-state index contributed by atoms with van der Waals surface area (Å²) in [5.41, 5.74) is 0.260. The standard InChI is InChI=1S/C31H58O3Si2/c1-14-15-16-21(2)17-23(29(4,5)6)19-26(33-35(10)11)27-24-18-22(3)28(32)31(24,34-36(12)13)20-25(27)30(7,8)9/h19,21,23-25,27,35-36H,3,14-18,20H2,1-2,4-13H3/t21-,23-,24-,25+,27+,31-/m0/s1. The minimum Gasteiger partial charge on any atom is -0.550 e. The van der Waals surface area contributed by atoms with Gasteiger partial charge in [-0.05, 0) is 85.7 Å². The van der Waals surface area contributed by atoms with Gasteiger partial charge in [0.05, 0.1) is 5.76 Å². The van der Waals surface area contributed by atoms with Crippen LogP contribution in [0.1, 0.15) is 93.9 Å². The molecule has 0 bridgehead atoms. The Bertz CT molecular complexity index is 802. The van der Waals surface area contributed by atoms with Gasteiger partial charge in [-0.1, -0.05) is 81.2 Å². The molecule has 0 heterocycles. The first-order valence-electron chi connectivity index (χ1n) is 14.7. The number of Topliss-reactive ketones (excluding diaryl/α,β-unsaturated/α-hetero) is 1. The van der Waals surface area contributed by atoms with Crippen molar-refractivity contribution in [1.29, 1.82) is 0 Å². The fraction of sp³-hybridized carbons (Fsp3) is 0.839. The summed E-state index contributed by atoms with van der Waals surface area (Å²) in [6, 6.07) is 0. The van der Waals surface area contributed by atoms with Crippen molar-refractivity contribution in [3.63, 3.8) is 0 Å². The lowest BCUT2D eigenvalue weighted by Crippen LogP contribution is -2.44. The first-order chi connectivity index (χ1) is 16.4. The van der Waals surface area contributed by atoms with Gasteiger partial charge in [0.25, 0.3) is 0 Å². The predicted octanol–water partition coefficient (Wildman–Crippen LogP) is 8.32. The van der Waals surface area contributed by atoms with Crippen molar-refractivity contribution in [3.05, 3.63) is 24.0 Å². The quantitative estimate of drug-likeness (QED) is 0.152. The lowest BCUT2D eigenvalue weighted by Gasteiger charge is -2.38. The number of carbonyl (C=O) groups is 1. The van der Waals surface area contributed by atoms with Crippen molar-refractivity contribution in [2.24, 2.45) is 40.4 Å². The van der Waals surface area contributed by atoms with E-state index in [4.69, 9.17) is 8.85 Å². The van der Waals surface area contributed by atoms with Crippen LogP contribution in [0, 0.1) is 40.4 Å². The summed E-state index contributed by atoms with van der Waals surface area (Å²) in [4.78, 5) is 13.7. The molecular formula is C31H58O3Si2. The third-order valence-corrected chi connectivity index (χ3v) is 10.2. The molecule has 0 aliphatic heterocycles. The Kier molecular flexibility index (Phi) is 10.5. The molecule has 0 saturated heterocycles. The van der Waals surface area contributed by atoms with Crippen molar-refractivity contribution >= 4 is 23.9 Å². The maximum Gasteiger partial charge on any atom is 0.229 e. The topological polar surface area (TPSA) is 35.5 Å². The summed E-state index contributed by atoms with van der Waals surface area (Å²) in [5.74, 6) is 3.13. The summed E-state index contributed by atoms with van der Waals surface area (Å²) < 4.78 is 13.6. The van der Waals surface area contributed by atoms with Crippen LogP contribution < -0.4 is 0 Å². The minimum absolute atomic E-state index is 0.0537. The molecule has 0 N–H and O–H groups in total. The Morgan fingerprint density at radius 2 is 1.75 bits per heavy atom. The number of unbranched alkanes of at least 4 members (excludes halogenated alkanes) is 1. The molecule has 2 aliphatic carbocycles. The van der Waals surface area contributed by atoms with Crippen molar-refractivity contribution in [2.45, 2.75) is 126 Å². The van der Waals surface area contributed by atoms with Gasteiger partial charge in [-0.15, -0.1) is 0 Å². The zero-order chi connectivity index (χ0) is 27.6. The third kappa shape index (κ3) is 7.25. The highest BCUT2D eigenvalue weighted by Crippen LogP contribution is 2.61. The van der Waals surface area contributed by atoms with Gasteiger partial charge in [-0.25, -0.2) is 0 Å². The lowest BCUT2D eigenvalue weighted by molar-refractivity contribution is -0.130. The lowest BCUT2D eigenvalue weighted by atomic mass is 9.70. The van der Waals surface area contributed by atoms with Crippen molar-refractivity contribution in [2.75, 3.05) is 0 Å². The summed E-state index contributed by atoms with van der Waals surface area (Å²) in [5, 5.41) is 0. The Morgan fingerprint density at radius 1 is 1.14 bits per heavy atom. The van der Waals surface area contributed by atoms with Gasteiger partial charge >= 0.3 is 0 Å². The normalized spacial score (nSPS) is 29.3. The van der Waals surface area contributed by atoms with E-state index < -0.39 is 23.7 Å². The van der Waals surface area contributed by atoms with Crippen molar-refractivity contribution < 1.29 is 13.6 Å². The number of hydrogen-bond acceptors (Lipinski definition) is 3. The molecule has 0 radical (unpaired) electrons. The van der Waals surface area contributed by atoms with Gasteiger partial charge in [-0.2, -0.15) is 0 Å². The number of allylic oxidation sites excluding steroid dienone is 2. The Morgan fingerprint density at radius 3 is 2.22 bits per heavy atom. The van der Waals surface area contributed by atoms with Gasteiger partial charge in [0, 0.05) is 11.8 Å². The van der Waals surface area contributed by atoms with E-state index in [1.54, 1.807) is 0 Å². The van der Waals surface area contributed by atoms with Gasteiger partial charge in [-0.3, -0.25) is 4.79 Å². The van der Waals surface area contributed by atoms with Crippen LogP contribution in [0.25, 0.3) is 0 Å². The van der Waals surface area contributed by atoms with E-state index in [1.807, 2.05) is 0 Å². The monoisotopic (exact) mass is 534 g/mol. The molecule has 0 unspecified atom stereocenters. The zero-order valence-corrected chi connectivity index (χ0v) is 28.1. The molecule has 208 valence electrons. The van der Waals surface area contributed by atoms with Crippen LogP contribution >= 0.6 is 0 Å². The minimum atomic E-state index is -1.44.